The highest BCUT2D eigenvalue weighted by molar-refractivity contribution is 7.03. The van der Waals surface area contributed by atoms with Crippen LogP contribution in [0.4, 0.5) is 4.79 Å². The number of Topliss-reactive ketones (excluding diaryl/α,β-unsaturated/α-hetero) is 2. The third kappa shape index (κ3) is 10.9. The number of hydrogen-bond donors (Lipinski definition) is 2. The Morgan fingerprint density at radius 2 is 1.75 bits per heavy atom. The molecule has 0 spiro atoms. The minimum atomic E-state index is -1.49. The van der Waals surface area contributed by atoms with Gasteiger partial charge in [0, 0.05) is 74.0 Å². The number of aliphatic hydroxyl groups excluding tert-OH is 1. The second kappa shape index (κ2) is 21.0. The van der Waals surface area contributed by atoms with E-state index >= 15 is 0 Å². The lowest BCUT2D eigenvalue weighted by Crippen LogP contribution is -2.61. The number of ether oxygens (including phenoxy) is 6. The molecule has 2 aromatic heterocycles. The maximum atomic E-state index is 14.4. The number of nitrogens with zero attached hydrogens (tertiary/aromatic N) is 7. The summed E-state index contributed by atoms with van der Waals surface area (Å²) < 4.78 is 42.5. The molecule has 6 rings (SSSR count). The second-order valence-corrected chi connectivity index (χ2v) is 19.0. The minimum Gasteiger partial charge on any atom is -0.494 e. The smallest absolute Gasteiger partial charge is 0.425 e. The first-order valence-electron chi connectivity index (χ1n) is 22.5. The Kier molecular flexibility index (Phi) is 16.2. The first-order valence-corrected chi connectivity index (χ1v) is 23.3. The number of rotatable bonds is 14. The van der Waals surface area contributed by atoms with Gasteiger partial charge in [0.25, 0.3) is 0 Å². The van der Waals surface area contributed by atoms with Gasteiger partial charge in [-0.3, -0.25) is 19.1 Å². The number of esters is 1. The van der Waals surface area contributed by atoms with Crippen molar-refractivity contribution < 1.29 is 52.7 Å². The van der Waals surface area contributed by atoms with E-state index in [4.69, 9.17) is 34.3 Å². The number of likely N-dealkylation sites (N-methyl/N-ethyl adjacent to an activating group) is 1. The summed E-state index contributed by atoms with van der Waals surface area (Å²) in [5, 5.41) is 27.5. The Labute approximate surface area is 384 Å². The molecule has 358 valence electrons. The molecule has 5 heterocycles. The van der Waals surface area contributed by atoms with Gasteiger partial charge in [0.1, 0.15) is 41.4 Å². The summed E-state index contributed by atoms with van der Waals surface area (Å²) >= 11 is 1.31. The van der Waals surface area contributed by atoms with Gasteiger partial charge in [0.05, 0.1) is 30.1 Å². The second-order valence-electron chi connectivity index (χ2n) is 18.3. The van der Waals surface area contributed by atoms with Crippen LogP contribution in [0, 0.1) is 23.7 Å². The quantitative estimate of drug-likeness (QED) is 0.0756. The third-order valence-electron chi connectivity index (χ3n) is 13.6. The first-order chi connectivity index (χ1) is 30.8. The van der Waals surface area contributed by atoms with Crippen LogP contribution in [0.3, 0.4) is 0 Å². The van der Waals surface area contributed by atoms with E-state index in [0.29, 0.717) is 32.5 Å². The number of carbonyl (C=O) groups excluding carboxylic acids is 4. The van der Waals surface area contributed by atoms with E-state index in [1.807, 2.05) is 54.7 Å². The lowest BCUT2D eigenvalue weighted by Gasteiger charge is -2.47. The molecule has 3 fully saturated rings. The molecule has 1 aromatic carbocycles. The highest BCUT2D eigenvalue weighted by Gasteiger charge is 2.60. The number of ketones is 2. The number of hydrazine groups is 1. The van der Waals surface area contributed by atoms with Crippen LogP contribution < -0.4 is 10.6 Å². The fraction of sp³-hybridized carbons (Fsp3) is 0.689. The predicted molar refractivity (Wildman–Crippen MR) is 237 cm³/mol. The number of carbonyl (C=O) groups is 4. The third-order valence-corrected chi connectivity index (χ3v) is 14.1. The van der Waals surface area contributed by atoms with E-state index in [9.17, 15) is 24.3 Å². The van der Waals surface area contributed by atoms with Gasteiger partial charge in [-0.2, -0.15) is 0 Å². The number of methoxy groups -OCH3 is 1. The van der Waals surface area contributed by atoms with E-state index in [1.54, 1.807) is 46.2 Å². The number of aryl methyl sites for hydroxylation is 1. The van der Waals surface area contributed by atoms with Crippen molar-refractivity contribution in [1.29, 1.82) is 0 Å². The topological polar surface area (TPSA) is 233 Å². The highest BCUT2D eigenvalue weighted by Crippen LogP contribution is 2.42. The highest BCUT2D eigenvalue weighted by atomic mass is 32.1. The van der Waals surface area contributed by atoms with Crippen LogP contribution in [0.2, 0.25) is 0 Å². The molecule has 0 radical (unpaired) electrons. The first kappa shape index (κ1) is 50.0. The monoisotopic (exact) mass is 926 g/mol. The molecule has 3 aliphatic heterocycles. The molecule has 3 N–H and O–H groups in total. The number of aliphatic hydroxyl groups is 1. The molecule has 3 saturated heterocycles. The molecule has 65 heavy (non-hydrogen) atoms. The number of cyclic esters (lactones) is 1. The van der Waals surface area contributed by atoms with E-state index in [0.717, 1.165) is 34.1 Å². The van der Waals surface area contributed by atoms with Gasteiger partial charge in [-0.25, -0.2) is 15.6 Å². The van der Waals surface area contributed by atoms with Crippen molar-refractivity contribution in [2.75, 3.05) is 27.3 Å². The number of aromatic nitrogens is 5. The number of benzene rings is 1. The minimum absolute atomic E-state index is 0.0730. The van der Waals surface area contributed by atoms with Crippen LogP contribution in [-0.2, 0) is 51.0 Å². The summed E-state index contributed by atoms with van der Waals surface area (Å²) in [6.45, 7) is 15.2. The zero-order chi connectivity index (χ0) is 47.4. The van der Waals surface area contributed by atoms with Crippen LogP contribution in [-0.4, -0.2) is 145 Å². The van der Waals surface area contributed by atoms with Crippen molar-refractivity contribution in [3.05, 3.63) is 41.5 Å². The van der Waals surface area contributed by atoms with Crippen molar-refractivity contribution in [1.82, 2.24) is 34.5 Å². The molecule has 0 aliphatic carbocycles. The maximum Gasteiger partial charge on any atom is 0.425 e. The van der Waals surface area contributed by atoms with E-state index < -0.39 is 89.4 Å². The molecular formula is C45H66N8O11S. The molecular weight excluding hydrogens is 861 g/mol. The lowest BCUT2D eigenvalue weighted by atomic mass is 9.73. The standard InChI is InChI=1S/C45H66N8O11S/c1-11-35-45(8)39(53(46)43(58)64-45)27(4)36(54)25(2)22-44(7,59-10)40(28(5)37(55)29(6)41(57)62-35)63-42-38(56)34(21-26(3)61-42)51(9)19-17-31-23-52(49-47-31)18-12-20-60-32-15-13-30(14-16-32)33-24-65-50-48-33/h13-16,23-29,34-35,38-40,42,56H,11-12,17-22,46H2,1-10H3/t25-,26-,27+,28+,29-,34+,35-,38-,39?,40-,42+,44-,45-/m1/s1. The van der Waals surface area contributed by atoms with Crippen LogP contribution >= 0.6 is 11.5 Å². The van der Waals surface area contributed by atoms with Crippen LogP contribution in [0.5, 0.6) is 5.75 Å². The summed E-state index contributed by atoms with van der Waals surface area (Å²) in [7, 11) is 3.38. The van der Waals surface area contributed by atoms with Gasteiger partial charge in [-0.05, 0) is 89.8 Å². The zero-order valence-corrected chi connectivity index (χ0v) is 39.9. The number of fused-ring (bicyclic) bond motifs is 1. The largest absolute Gasteiger partial charge is 0.494 e. The number of nitrogens with two attached hydrogens (primary N) is 1. The zero-order valence-electron chi connectivity index (χ0n) is 39.1. The molecule has 3 aliphatic rings. The van der Waals surface area contributed by atoms with Crippen molar-refractivity contribution in [3.8, 4) is 17.0 Å². The van der Waals surface area contributed by atoms with E-state index in [2.05, 4.69) is 19.9 Å². The molecule has 0 saturated carbocycles. The maximum absolute atomic E-state index is 14.4. The lowest BCUT2D eigenvalue weighted by molar-refractivity contribution is -0.296. The SMILES string of the molecule is CC[C@H]1OC(=O)[C@H](C)C(=O)[C@H](C)[C@@H](O[C@@H]2O[C@H](C)C[C@H](N(C)CCc3cn(CCCOc4ccc(-c5csnn5)cc4)nn3)[C@H]2O)[C@](C)(OC)C[C@@H](C)C(=O)[C@H](C)C2N(N)C(=O)O[C@@]21C. The van der Waals surface area contributed by atoms with Crippen molar-refractivity contribution >= 4 is 35.2 Å². The fourth-order valence-corrected chi connectivity index (χ4v) is 10.2. The number of hydrogen-bond acceptors (Lipinski definition) is 18. The van der Waals surface area contributed by atoms with E-state index in [1.165, 1.54) is 25.6 Å². The average molecular weight is 927 g/mol. The van der Waals surface area contributed by atoms with Gasteiger partial charge >= 0.3 is 12.1 Å². The summed E-state index contributed by atoms with van der Waals surface area (Å²) in [6, 6.07) is 6.35. The molecule has 1 amide bonds. The molecule has 13 atom stereocenters. The van der Waals surface area contributed by atoms with Gasteiger partial charge in [-0.1, -0.05) is 37.4 Å². The van der Waals surface area contributed by atoms with Crippen molar-refractivity contribution in [3.63, 3.8) is 0 Å². The Hall–Kier alpha value is -4.44. The normalized spacial score (nSPS) is 34.0. The molecule has 0 bridgehead atoms. The summed E-state index contributed by atoms with van der Waals surface area (Å²) in [5.41, 5.74) is -0.204. The molecule has 1 unspecified atom stereocenters. The Balaban J connectivity index is 1.12. The van der Waals surface area contributed by atoms with Gasteiger partial charge in [-0.15, -0.1) is 10.2 Å². The molecule has 3 aromatic rings. The average Bonchev–Trinajstić information content (AvgIpc) is 4.05. The molecule has 19 nitrogen and oxygen atoms in total. The van der Waals surface area contributed by atoms with Gasteiger partial charge in [0.2, 0.25) is 0 Å². The van der Waals surface area contributed by atoms with Crippen LogP contribution in [0.15, 0.2) is 35.8 Å². The predicted octanol–water partition coefficient (Wildman–Crippen LogP) is 4.26. The number of amides is 1. The molecule has 20 heteroatoms. The summed E-state index contributed by atoms with van der Waals surface area (Å²) in [4.78, 5) is 57.4. The summed E-state index contributed by atoms with van der Waals surface area (Å²) in [5.74, 6) is 1.61. The van der Waals surface area contributed by atoms with Gasteiger partial charge in [0.15, 0.2) is 17.7 Å². The van der Waals surface area contributed by atoms with Crippen molar-refractivity contribution in [2.24, 2.45) is 29.5 Å². The fourth-order valence-electron chi connectivity index (χ4n) is 9.78. The van der Waals surface area contributed by atoms with Crippen molar-refractivity contribution in [2.45, 2.75) is 148 Å². The van der Waals surface area contributed by atoms with E-state index in [-0.39, 0.29) is 24.7 Å². The van der Waals surface area contributed by atoms with Crippen LogP contribution in [0.1, 0.15) is 86.8 Å². The Bertz CT molecular complexity index is 2090. The summed E-state index contributed by atoms with van der Waals surface area (Å²) in [6.07, 6.45) is -1.73. The van der Waals surface area contributed by atoms with Gasteiger partial charge < -0.3 is 38.4 Å². The Morgan fingerprint density at radius 1 is 1.03 bits per heavy atom. The van der Waals surface area contributed by atoms with Crippen LogP contribution in [0.25, 0.3) is 11.3 Å². The Morgan fingerprint density at radius 3 is 2.42 bits per heavy atom.